The van der Waals surface area contributed by atoms with E-state index in [4.69, 9.17) is 14.2 Å². The Balaban J connectivity index is 1.48. The number of hydrogen-bond acceptors (Lipinski definition) is 7. The number of carboxylic acids is 1. The van der Waals surface area contributed by atoms with Crippen molar-refractivity contribution < 1.29 is 24.1 Å². The molecule has 0 saturated carbocycles. The Morgan fingerprint density at radius 1 is 1.11 bits per heavy atom. The third-order valence-electron chi connectivity index (χ3n) is 6.47. The van der Waals surface area contributed by atoms with Gasteiger partial charge < -0.3 is 29.5 Å². The third-order valence-corrected chi connectivity index (χ3v) is 6.47. The Kier molecular flexibility index (Phi) is 6.84. The number of anilines is 2. The van der Waals surface area contributed by atoms with Crippen LogP contribution in [0.15, 0.2) is 48.8 Å². The summed E-state index contributed by atoms with van der Waals surface area (Å²) in [6.07, 6.45) is 5.94. The molecule has 2 aliphatic rings. The van der Waals surface area contributed by atoms with E-state index in [1.54, 1.807) is 18.2 Å². The van der Waals surface area contributed by atoms with Crippen LogP contribution in [-0.4, -0.2) is 29.5 Å². The monoisotopic (exact) mass is 489 g/mol. The van der Waals surface area contributed by atoms with Crippen molar-refractivity contribution in [1.82, 2.24) is 4.98 Å². The predicted octanol–water partition coefficient (Wildman–Crippen LogP) is 5.31. The summed E-state index contributed by atoms with van der Waals surface area (Å²) in [4.78, 5) is 18.8. The third kappa shape index (κ3) is 4.76. The van der Waals surface area contributed by atoms with Crippen molar-refractivity contribution in [2.45, 2.75) is 52.2 Å². The van der Waals surface area contributed by atoms with Gasteiger partial charge in [-0.1, -0.05) is 44.9 Å². The standard InChI is InChI=1S/C28H31N3O5/c1-3-5-19-11-18(15-31-16-30-22-14-29-10-9-23(22)31)12-20(6-4-2)26(19)36-27(28(32)33)21-7-8-24-25(13-21)35-17-34-24/h7-14,27,30H,3-6,15-17H2,1-2H3,(H,32,33). The van der Waals surface area contributed by atoms with Gasteiger partial charge in [-0.2, -0.15) is 0 Å². The quantitative estimate of drug-likeness (QED) is 0.396. The van der Waals surface area contributed by atoms with Crippen LogP contribution in [-0.2, 0) is 24.2 Å². The smallest absolute Gasteiger partial charge is 0.349 e. The average Bonchev–Trinajstić information content (AvgIpc) is 3.50. The van der Waals surface area contributed by atoms with Crippen molar-refractivity contribution >= 4 is 17.3 Å². The molecule has 0 bridgehead atoms. The summed E-state index contributed by atoms with van der Waals surface area (Å²) in [5, 5.41) is 13.5. The van der Waals surface area contributed by atoms with Gasteiger partial charge in [0.25, 0.3) is 0 Å². The summed E-state index contributed by atoms with van der Waals surface area (Å²) in [6, 6.07) is 11.5. The molecule has 3 aromatic rings. The number of fused-ring (bicyclic) bond motifs is 2. The normalized spacial score (nSPS) is 14.3. The number of nitrogens with one attached hydrogen (secondary N) is 1. The second-order valence-corrected chi connectivity index (χ2v) is 9.12. The molecule has 0 fully saturated rings. The van der Waals surface area contributed by atoms with Crippen LogP contribution in [0.2, 0.25) is 0 Å². The summed E-state index contributed by atoms with van der Waals surface area (Å²) < 4.78 is 17.2. The molecule has 1 atom stereocenters. The molecular weight excluding hydrogens is 458 g/mol. The van der Waals surface area contributed by atoms with Crippen LogP contribution in [0.25, 0.3) is 0 Å². The second-order valence-electron chi connectivity index (χ2n) is 9.12. The van der Waals surface area contributed by atoms with E-state index in [-0.39, 0.29) is 6.79 Å². The van der Waals surface area contributed by atoms with E-state index in [9.17, 15) is 9.90 Å². The van der Waals surface area contributed by atoms with E-state index < -0.39 is 12.1 Å². The van der Waals surface area contributed by atoms with E-state index >= 15 is 0 Å². The topological polar surface area (TPSA) is 93.2 Å². The van der Waals surface area contributed by atoms with Crippen molar-refractivity contribution in [2.24, 2.45) is 0 Å². The van der Waals surface area contributed by atoms with Crippen LogP contribution in [0.3, 0.4) is 0 Å². The molecule has 2 aromatic carbocycles. The number of benzene rings is 2. The highest BCUT2D eigenvalue weighted by molar-refractivity contribution is 5.76. The van der Waals surface area contributed by atoms with Gasteiger partial charge in [-0.25, -0.2) is 4.79 Å². The maximum Gasteiger partial charge on any atom is 0.349 e. The first-order chi connectivity index (χ1) is 17.6. The molecular formula is C28H31N3O5. The number of nitrogens with zero attached hydrogens (tertiary/aromatic N) is 2. The van der Waals surface area contributed by atoms with Crippen LogP contribution < -0.4 is 24.4 Å². The molecule has 2 N–H and O–H groups in total. The zero-order valence-electron chi connectivity index (χ0n) is 20.6. The minimum atomic E-state index is -1.15. The fourth-order valence-corrected chi connectivity index (χ4v) is 4.86. The van der Waals surface area contributed by atoms with Crippen molar-refractivity contribution in [2.75, 3.05) is 23.7 Å². The first-order valence-corrected chi connectivity index (χ1v) is 12.4. The van der Waals surface area contributed by atoms with Crippen molar-refractivity contribution in [1.29, 1.82) is 0 Å². The Morgan fingerprint density at radius 3 is 2.58 bits per heavy atom. The number of carboxylic acid groups (broad SMARTS) is 1. The number of hydrogen-bond donors (Lipinski definition) is 2. The second kappa shape index (κ2) is 10.4. The molecule has 8 nitrogen and oxygen atoms in total. The zero-order valence-corrected chi connectivity index (χ0v) is 20.6. The molecule has 5 rings (SSSR count). The predicted molar refractivity (Wildman–Crippen MR) is 137 cm³/mol. The van der Waals surface area contributed by atoms with Crippen LogP contribution in [0, 0.1) is 0 Å². The van der Waals surface area contributed by atoms with Gasteiger partial charge in [-0.15, -0.1) is 0 Å². The number of ether oxygens (including phenoxy) is 3. The van der Waals surface area contributed by atoms with Gasteiger partial charge in [0.15, 0.2) is 11.5 Å². The van der Waals surface area contributed by atoms with Gasteiger partial charge in [0.2, 0.25) is 12.9 Å². The van der Waals surface area contributed by atoms with Gasteiger partial charge in [0.05, 0.1) is 24.2 Å². The maximum atomic E-state index is 12.3. The van der Waals surface area contributed by atoms with Crippen LogP contribution >= 0.6 is 0 Å². The van der Waals surface area contributed by atoms with Gasteiger partial charge >= 0.3 is 5.97 Å². The maximum absolute atomic E-state index is 12.3. The van der Waals surface area contributed by atoms with E-state index in [0.29, 0.717) is 22.8 Å². The first kappa shape index (κ1) is 23.8. The first-order valence-electron chi connectivity index (χ1n) is 12.4. The molecule has 0 spiro atoms. The van der Waals surface area contributed by atoms with E-state index in [1.807, 2.05) is 18.5 Å². The number of aliphatic carboxylic acids is 1. The van der Waals surface area contributed by atoms with Crippen molar-refractivity contribution in [3.05, 3.63) is 71.0 Å². The summed E-state index contributed by atoms with van der Waals surface area (Å²) in [6.45, 7) is 5.83. The Labute approximate surface area is 210 Å². The van der Waals surface area contributed by atoms with Gasteiger partial charge in [-0.05, 0) is 47.7 Å². The van der Waals surface area contributed by atoms with E-state index in [1.165, 1.54) is 5.56 Å². The van der Waals surface area contributed by atoms with Gasteiger partial charge in [-0.3, -0.25) is 4.98 Å². The summed E-state index contributed by atoms with van der Waals surface area (Å²) in [5.41, 5.74) is 5.94. The van der Waals surface area contributed by atoms with Crippen molar-refractivity contribution in [3.8, 4) is 17.2 Å². The molecule has 1 unspecified atom stereocenters. The molecule has 0 saturated heterocycles. The highest BCUT2D eigenvalue weighted by Crippen LogP contribution is 2.38. The fraction of sp³-hybridized carbons (Fsp3) is 0.357. The number of aryl methyl sites for hydroxylation is 2. The number of carbonyl (C=O) groups is 1. The molecule has 3 heterocycles. The lowest BCUT2D eigenvalue weighted by molar-refractivity contribution is -0.145. The SMILES string of the molecule is CCCc1cc(CN2CNc3cnccc32)cc(CCC)c1OC(C(=O)O)c1ccc2c(c1)OCO2. The summed E-state index contributed by atoms with van der Waals surface area (Å²) in [5.74, 6) is 0.780. The number of aromatic nitrogens is 1. The minimum Gasteiger partial charge on any atom is -0.478 e. The van der Waals surface area contributed by atoms with Crippen LogP contribution in [0.1, 0.15) is 55.0 Å². The lowest BCUT2D eigenvalue weighted by atomic mass is 9.97. The average molecular weight is 490 g/mol. The Morgan fingerprint density at radius 2 is 1.86 bits per heavy atom. The van der Waals surface area contributed by atoms with Crippen LogP contribution in [0.5, 0.6) is 17.2 Å². The van der Waals surface area contributed by atoms with E-state index in [2.05, 4.69) is 41.2 Å². The zero-order chi connectivity index (χ0) is 25.1. The van der Waals surface area contributed by atoms with Gasteiger partial charge in [0.1, 0.15) is 5.75 Å². The minimum absolute atomic E-state index is 0.133. The molecule has 188 valence electrons. The highest BCUT2D eigenvalue weighted by atomic mass is 16.7. The van der Waals surface area contributed by atoms with Crippen LogP contribution in [0.4, 0.5) is 11.4 Å². The lowest BCUT2D eigenvalue weighted by Crippen LogP contribution is -2.23. The summed E-state index contributed by atoms with van der Waals surface area (Å²) in [7, 11) is 0. The molecule has 2 aliphatic heterocycles. The highest BCUT2D eigenvalue weighted by Gasteiger charge is 2.28. The molecule has 0 aliphatic carbocycles. The van der Waals surface area contributed by atoms with E-state index in [0.717, 1.165) is 61.4 Å². The Bertz CT molecular complexity index is 1230. The molecule has 1 aromatic heterocycles. The van der Waals surface area contributed by atoms with Crippen molar-refractivity contribution in [3.63, 3.8) is 0 Å². The Hall–Kier alpha value is -3.94. The summed E-state index contributed by atoms with van der Waals surface area (Å²) >= 11 is 0. The molecule has 0 radical (unpaired) electrons. The molecule has 8 heteroatoms. The largest absolute Gasteiger partial charge is 0.478 e. The molecule has 0 amide bonds. The lowest BCUT2D eigenvalue weighted by Gasteiger charge is -2.24. The fourth-order valence-electron chi connectivity index (χ4n) is 4.86. The number of rotatable bonds is 10. The molecule has 36 heavy (non-hydrogen) atoms. The van der Waals surface area contributed by atoms with Gasteiger partial charge in [0, 0.05) is 18.3 Å². The number of pyridine rings is 1.